The highest BCUT2D eigenvalue weighted by Crippen LogP contribution is 2.17. The molecule has 0 saturated carbocycles. The van der Waals surface area contributed by atoms with Crippen molar-refractivity contribution in [1.82, 2.24) is 0 Å². The number of hydrogen-bond acceptors (Lipinski definition) is 3. The molecule has 13 heavy (non-hydrogen) atoms. The minimum absolute atomic E-state index is 0.897. The number of thioether (sulfide) groups is 1. The van der Waals surface area contributed by atoms with Gasteiger partial charge >= 0.3 is 0 Å². The minimum Gasteiger partial charge on any atom is -0.468 e. The van der Waals surface area contributed by atoms with Gasteiger partial charge in [-0.2, -0.15) is 0 Å². The molecular formula is C10H10O2S. The number of furan rings is 2. The van der Waals surface area contributed by atoms with Gasteiger partial charge in [0.1, 0.15) is 11.5 Å². The summed E-state index contributed by atoms with van der Waals surface area (Å²) < 4.78 is 10.4. The van der Waals surface area contributed by atoms with Gasteiger partial charge in [-0.15, -0.1) is 11.8 Å². The summed E-state index contributed by atoms with van der Waals surface area (Å²) in [5, 5.41) is 0. The molecule has 2 nitrogen and oxygen atoms in total. The van der Waals surface area contributed by atoms with Crippen molar-refractivity contribution in [2.75, 3.05) is 0 Å². The fourth-order valence-corrected chi connectivity index (χ4v) is 1.87. The Balaban J connectivity index is 1.76. The van der Waals surface area contributed by atoms with Gasteiger partial charge in [0, 0.05) is 0 Å². The molecule has 0 amide bonds. The third-order valence-electron chi connectivity index (χ3n) is 1.65. The van der Waals surface area contributed by atoms with E-state index in [0.29, 0.717) is 0 Å². The van der Waals surface area contributed by atoms with Crippen LogP contribution in [0.2, 0.25) is 0 Å². The topological polar surface area (TPSA) is 26.3 Å². The molecule has 0 radical (unpaired) electrons. The largest absolute Gasteiger partial charge is 0.468 e. The molecule has 0 aliphatic heterocycles. The van der Waals surface area contributed by atoms with Crippen molar-refractivity contribution in [3.05, 3.63) is 48.3 Å². The standard InChI is InChI=1S/C10H10O2S/c1-3-9(11-5-1)7-13-8-10-4-2-6-12-10/h1-6H,7-8H2. The van der Waals surface area contributed by atoms with Gasteiger partial charge in [0.2, 0.25) is 0 Å². The van der Waals surface area contributed by atoms with Crippen LogP contribution in [0.1, 0.15) is 11.5 Å². The maximum Gasteiger partial charge on any atom is 0.113 e. The lowest BCUT2D eigenvalue weighted by molar-refractivity contribution is 0.526. The lowest BCUT2D eigenvalue weighted by Crippen LogP contribution is -1.77. The maximum atomic E-state index is 5.20. The fraction of sp³-hybridized carbons (Fsp3) is 0.200. The molecule has 0 aliphatic rings. The molecule has 2 rings (SSSR count). The third kappa shape index (κ3) is 2.42. The van der Waals surface area contributed by atoms with Crippen LogP contribution in [0, 0.1) is 0 Å². The van der Waals surface area contributed by atoms with E-state index in [-0.39, 0.29) is 0 Å². The SMILES string of the molecule is c1coc(CSCc2ccco2)c1. The van der Waals surface area contributed by atoms with Crippen molar-refractivity contribution < 1.29 is 8.83 Å². The lowest BCUT2D eigenvalue weighted by Gasteiger charge is -1.95. The molecule has 3 heteroatoms. The van der Waals surface area contributed by atoms with Gasteiger partial charge in [0.05, 0.1) is 24.0 Å². The predicted molar refractivity (Wildman–Crippen MR) is 52.4 cm³/mol. The van der Waals surface area contributed by atoms with Crippen LogP contribution >= 0.6 is 11.8 Å². The summed E-state index contributed by atoms with van der Waals surface area (Å²) >= 11 is 1.78. The average molecular weight is 194 g/mol. The first-order valence-electron chi connectivity index (χ1n) is 4.07. The molecule has 0 spiro atoms. The highest BCUT2D eigenvalue weighted by Gasteiger charge is 1.98. The molecule has 0 atom stereocenters. The van der Waals surface area contributed by atoms with Gasteiger partial charge in [0.25, 0.3) is 0 Å². The van der Waals surface area contributed by atoms with Crippen molar-refractivity contribution in [2.45, 2.75) is 11.5 Å². The van der Waals surface area contributed by atoms with E-state index >= 15 is 0 Å². The molecular weight excluding hydrogens is 184 g/mol. The summed E-state index contributed by atoms with van der Waals surface area (Å²) in [6.07, 6.45) is 3.39. The molecule has 0 saturated heterocycles. The smallest absolute Gasteiger partial charge is 0.113 e. The van der Waals surface area contributed by atoms with Crippen LogP contribution in [0.5, 0.6) is 0 Å². The Bertz CT molecular complexity index is 289. The van der Waals surface area contributed by atoms with E-state index in [1.54, 1.807) is 24.3 Å². The fourth-order valence-electron chi connectivity index (χ4n) is 1.04. The normalized spacial score (nSPS) is 10.5. The number of rotatable bonds is 4. The van der Waals surface area contributed by atoms with Gasteiger partial charge < -0.3 is 8.83 Å². The Hall–Kier alpha value is -1.09. The van der Waals surface area contributed by atoms with Crippen molar-refractivity contribution in [3.8, 4) is 0 Å². The Labute approximate surface area is 80.9 Å². The predicted octanol–water partition coefficient (Wildman–Crippen LogP) is 3.31. The number of hydrogen-bond donors (Lipinski definition) is 0. The van der Waals surface area contributed by atoms with E-state index in [1.807, 2.05) is 24.3 Å². The summed E-state index contributed by atoms with van der Waals surface area (Å²) in [5.74, 6) is 3.81. The summed E-state index contributed by atoms with van der Waals surface area (Å²) in [6.45, 7) is 0. The molecule has 0 fully saturated rings. The monoisotopic (exact) mass is 194 g/mol. The molecule has 0 N–H and O–H groups in total. The van der Waals surface area contributed by atoms with Crippen LogP contribution in [0.4, 0.5) is 0 Å². The molecule has 2 heterocycles. The first-order valence-corrected chi connectivity index (χ1v) is 5.23. The second kappa shape index (κ2) is 4.23. The Morgan fingerprint density at radius 2 is 1.46 bits per heavy atom. The zero-order valence-corrected chi connectivity index (χ0v) is 7.92. The van der Waals surface area contributed by atoms with E-state index < -0.39 is 0 Å². The van der Waals surface area contributed by atoms with Crippen molar-refractivity contribution >= 4 is 11.8 Å². The molecule has 2 aromatic rings. The van der Waals surface area contributed by atoms with Gasteiger partial charge in [-0.05, 0) is 24.3 Å². The van der Waals surface area contributed by atoms with Gasteiger partial charge in [-0.25, -0.2) is 0 Å². The average Bonchev–Trinajstić information content (AvgIpc) is 2.75. The van der Waals surface area contributed by atoms with Crippen LogP contribution < -0.4 is 0 Å². The molecule has 0 bridgehead atoms. The van der Waals surface area contributed by atoms with Crippen LogP contribution in [0.15, 0.2) is 45.6 Å². The molecule has 0 aliphatic carbocycles. The van der Waals surface area contributed by atoms with E-state index in [1.165, 1.54) is 0 Å². The quantitative estimate of drug-likeness (QED) is 0.747. The van der Waals surface area contributed by atoms with Crippen molar-refractivity contribution in [3.63, 3.8) is 0 Å². The van der Waals surface area contributed by atoms with Crippen molar-refractivity contribution in [1.29, 1.82) is 0 Å². The highest BCUT2D eigenvalue weighted by molar-refractivity contribution is 7.97. The zero-order chi connectivity index (χ0) is 8.93. The lowest BCUT2D eigenvalue weighted by atomic mass is 10.5. The Morgan fingerprint density at radius 3 is 1.85 bits per heavy atom. The van der Waals surface area contributed by atoms with E-state index in [2.05, 4.69) is 0 Å². The Kier molecular flexibility index (Phi) is 2.77. The highest BCUT2D eigenvalue weighted by atomic mass is 32.2. The molecule has 68 valence electrons. The first-order chi connectivity index (χ1) is 6.45. The van der Waals surface area contributed by atoms with Crippen LogP contribution in [0.3, 0.4) is 0 Å². The van der Waals surface area contributed by atoms with E-state index in [4.69, 9.17) is 8.83 Å². The van der Waals surface area contributed by atoms with Crippen LogP contribution in [-0.4, -0.2) is 0 Å². The summed E-state index contributed by atoms with van der Waals surface area (Å²) in [5.41, 5.74) is 0. The molecule has 0 aromatic carbocycles. The third-order valence-corrected chi connectivity index (χ3v) is 2.63. The molecule has 0 unspecified atom stereocenters. The van der Waals surface area contributed by atoms with Crippen LogP contribution in [0.25, 0.3) is 0 Å². The van der Waals surface area contributed by atoms with E-state index in [0.717, 1.165) is 23.0 Å². The van der Waals surface area contributed by atoms with Gasteiger partial charge in [0.15, 0.2) is 0 Å². The van der Waals surface area contributed by atoms with Gasteiger partial charge in [-0.3, -0.25) is 0 Å². The Morgan fingerprint density at radius 1 is 0.923 bits per heavy atom. The zero-order valence-electron chi connectivity index (χ0n) is 7.10. The summed E-state index contributed by atoms with van der Waals surface area (Å²) in [6, 6.07) is 7.77. The maximum absolute atomic E-state index is 5.20. The second-order valence-electron chi connectivity index (χ2n) is 2.65. The van der Waals surface area contributed by atoms with Crippen molar-refractivity contribution in [2.24, 2.45) is 0 Å². The molecule has 2 aromatic heterocycles. The minimum atomic E-state index is 0.897. The van der Waals surface area contributed by atoms with Gasteiger partial charge in [-0.1, -0.05) is 0 Å². The van der Waals surface area contributed by atoms with E-state index in [9.17, 15) is 0 Å². The summed E-state index contributed by atoms with van der Waals surface area (Å²) in [7, 11) is 0. The first kappa shape index (κ1) is 8.51. The summed E-state index contributed by atoms with van der Waals surface area (Å²) in [4.78, 5) is 0. The second-order valence-corrected chi connectivity index (χ2v) is 3.64. The van der Waals surface area contributed by atoms with Crippen LogP contribution in [-0.2, 0) is 11.5 Å².